The van der Waals surface area contributed by atoms with Crippen LogP contribution in [0.5, 0.6) is 11.5 Å². The Morgan fingerprint density at radius 3 is 2.83 bits per heavy atom. The number of fused-ring (bicyclic) bond motifs is 2. The first-order chi connectivity index (χ1) is 14.2. The van der Waals surface area contributed by atoms with Crippen molar-refractivity contribution in [3.05, 3.63) is 53.9 Å². The van der Waals surface area contributed by atoms with Crippen molar-refractivity contribution in [1.29, 1.82) is 0 Å². The molecule has 0 radical (unpaired) electrons. The van der Waals surface area contributed by atoms with Gasteiger partial charge in [0.05, 0.1) is 17.1 Å². The summed E-state index contributed by atoms with van der Waals surface area (Å²) in [6.07, 6.45) is 2.78. The lowest BCUT2D eigenvalue weighted by Gasteiger charge is -2.27. The molecular weight excluding hydrogens is 366 g/mol. The van der Waals surface area contributed by atoms with Crippen LogP contribution in [0.4, 0.5) is 0 Å². The van der Waals surface area contributed by atoms with Gasteiger partial charge in [-0.2, -0.15) is 0 Å². The number of nitrogens with zero attached hydrogens (tertiary/aromatic N) is 3. The van der Waals surface area contributed by atoms with E-state index in [0.29, 0.717) is 19.8 Å². The summed E-state index contributed by atoms with van der Waals surface area (Å²) in [5.74, 6) is 2.66. The molecule has 29 heavy (non-hydrogen) atoms. The highest BCUT2D eigenvalue weighted by Gasteiger charge is 2.31. The number of imidazole rings is 1. The molecule has 0 saturated carbocycles. The second-order valence-electron chi connectivity index (χ2n) is 7.60. The van der Waals surface area contributed by atoms with Crippen molar-refractivity contribution in [3.63, 3.8) is 0 Å². The van der Waals surface area contributed by atoms with Gasteiger partial charge in [-0.05, 0) is 42.7 Å². The van der Waals surface area contributed by atoms with E-state index in [-0.39, 0.29) is 11.9 Å². The third-order valence-electron chi connectivity index (χ3n) is 5.87. The van der Waals surface area contributed by atoms with Gasteiger partial charge in [0.2, 0.25) is 5.91 Å². The van der Waals surface area contributed by atoms with Crippen LogP contribution in [0.3, 0.4) is 0 Å². The van der Waals surface area contributed by atoms with Crippen molar-refractivity contribution < 1.29 is 14.3 Å². The van der Waals surface area contributed by atoms with E-state index in [1.807, 2.05) is 41.3 Å². The van der Waals surface area contributed by atoms with Crippen LogP contribution in [0.15, 0.2) is 42.5 Å². The molecule has 0 bridgehead atoms. The number of aromatic nitrogens is 2. The van der Waals surface area contributed by atoms with E-state index in [2.05, 4.69) is 17.6 Å². The number of hydrogen-bond acceptors (Lipinski definition) is 4. The minimum atomic E-state index is 0.0817. The van der Waals surface area contributed by atoms with Crippen molar-refractivity contribution in [1.82, 2.24) is 14.5 Å². The maximum absolute atomic E-state index is 13.3. The van der Waals surface area contributed by atoms with E-state index >= 15 is 0 Å². The third kappa shape index (κ3) is 3.22. The molecule has 2 aliphatic rings. The van der Waals surface area contributed by atoms with Crippen molar-refractivity contribution in [2.45, 2.75) is 38.8 Å². The summed E-state index contributed by atoms with van der Waals surface area (Å²) in [6.45, 7) is 4.34. The number of rotatable bonds is 4. The molecular formula is C23H25N3O3. The van der Waals surface area contributed by atoms with Crippen LogP contribution in [0, 0.1) is 0 Å². The highest BCUT2D eigenvalue weighted by atomic mass is 16.6. The molecule has 1 unspecified atom stereocenters. The van der Waals surface area contributed by atoms with E-state index in [9.17, 15) is 4.79 Å². The van der Waals surface area contributed by atoms with Gasteiger partial charge in [0.15, 0.2) is 11.5 Å². The van der Waals surface area contributed by atoms with Crippen molar-refractivity contribution in [2.75, 3.05) is 19.8 Å². The van der Waals surface area contributed by atoms with E-state index in [1.165, 1.54) is 0 Å². The first kappa shape index (κ1) is 18.0. The molecule has 0 N–H and O–H groups in total. The molecule has 0 aliphatic carbocycles. The van der Waals surface area contributed by atoms with Gasteiger partial charge in [0, 0.05) is 13.0 Å². The predicted molar refractivity (Wildman–Crippen MR) is 110 cm³/mol. The second-order valence-corrected chi connectivity index (χ2v) is 7.60. The lowest BCUT2D eigenvalue weighted by atomic mass is 10.0. The minimum Gasteiger partial charge on any atom is -0.486 e. The molecule has 2 aliphatic heterocycles. The average Bonchev–Trinajstić information content (AvgIpc) is 3.38. The molecule has 3 heterocycles. The van der Waals surface area contributed by atoms with Crippen LogP contribution < -0.4 is 9.47 Å². The molecule has 0 spiro atoms. The Hall–Kier alpha value is -3.02. The summed E-state index contributed by atoms with van der Waals surface area (Å²) in [7, 11) is 0. The van der Waals surface area contributed by atoms with Gasteiger partial charge in [-0.1, -0.05) is 25.1 Å². The number of likely N-dealkylation sites (tertiary alicyclic amines) is 1. The van der Waals surface area contributed by atoms with Crippen molar-refractivity contribution in [2.24, 2.45) is 0 Å². The minimum absolute atomic E-state index is 0.0817. The Morgan fingerprint density at radius 2 is 1.97 bits per heavy atom. The van der Waals surface area contributed by atoms with Crippen LogP contribution in [-0.4, -0.2) is 40.1 Å². The summed E-state index contributed by atoms with van der Waals surface area (Å²) in [6, 6.07) is 14.2. The second kappa shape index (κ2) is 7.43. The lowest BCUT2D eigenvalue weighted by Crippen LogP contribution is -2.33. The zero-order valence-electron chi connectivity index (χ0n) is 16.6. The smallest absolute Gasteiger partial charge is 0.243 e. The molecule has 150 valence electrons. The first-order valence-electron chi connectivity index (χ1n) is 10.4. The predicted octanol–water partition coefficient (Wildman–Crippen LogP) is 3.73. The van der Waals surface area contributed by atoms with Crippen molar-refractivity contribution in [3.8, 4) is 11.5 Å². The SMILES string of the molecule is CCc1nc2ccccc2n1CC(=O)N1CCCC1c1ccc2c(c1)OCCO2. The van der Waals surface area contributed by atoms with Gasteiger partial charge >= 0.3 is 0 Å². The van der Waals surface area contributed by atoms with Crippen LogP contribution in [0.2, 0.25) is 0 Å². The van der Waals surface area contributed by atoms with Gasteiger partial charge in [0.1, 0.15) is 25.6 Å². The maximum Gasteiger partial charge on any atom is 0.243 e. The monoisotopic (exact) mass is 391 g/mol. The summed E-state index contributed by atoms with van der Waals surface area (Å²) >= 11 is 0. The van der Waals surface area contributed by atoms with E-state index in [1.54, 1.807) is 0 Å². The third-order valence-corrected chi connectivity index (χ3v) is 5.87. The standard InChI is InChI=1S/C23H25N3O3/c1-2-22-24-17-6-3-4-7-19(17)26(22)15-23(27)25-11-5-8-18(25)16-9-10-20-21(14-16)29-13-12-28-20/h3-4,6-7,9-10,14,18H,2,5,8,11-13,15H2,1H3. The topological polar surface area (TPSA) is 56.6 Å². The number of hydrogen-bond donors (Lipinski definition) is 0. The molecule has 3 aromatic rings. The van der Waals surface area contributed by atoms with Gasteiger partial charge in [-0.15, -0.1) is 0 Å². The Bertz CT molecular complexity index is 1060. The molecule has 1 aromatic heterocycles. The zero-order valence-corrected chi connectivity index (χ0v) is 16.6. The Balaban J connectivity index is 1.41. The number of aryl methyl sites for hydroxylation is 1. The molecule has 1 amide bonds. The highest BCUT2D eigenvalue weighted by Crippen LogP contribution is 2.38. The summed E-state index contributed by atoms with van der Waals surface area (Å²) < 4.78 is 13.4. The molecule has 5 rings (SSSR count). The van der Waals surface area contributed by atoms with E-state index in [0.717, 1.165) is 59.7 Å². The number of benzene rings is 2. The number of ether oxygens (including phenoxy) is 2. The van der Waals surface area contributed by atoms with Crippen LogP contribution in [0.1, 0.15) is 37.2 Å². The Labute approximate surface area is 170 Å². The Kier molecular flexibility index (Phi) is 4.62. The van der Waals surface area contributed by atoms with E-state index in [4.69, 9.17) is 14.5 Å². The number of amides is 1. The first-order valence-corrected chi connectivity index (χ1v) is 10.4. The van der Waals surface area contributed by atoms with E-state index < -0.39 is 0 Å². The number of para-hydroxylation sites is 2. The number of carbonyl (C=O) groups is 1. The van der Waals surface area contributed by atoms with Crippen LogP contribution in [-0.2, 0) is 17.8 Å². The quantitative estimate of drug-likeness (QED) is 0.680. The molecule has 1 atom stereocenters. The molecule has 6 heteroatoms. The maximum atomic E-state index is 13.3. The fraction of sp³-hybridized carbons (Fsp3) is 0.391. The Morgan fingerprint density at radius 1 is 1.14 bits per heavy atom. The normalized spacial score (nSPS) is 18.4. The van der Waals surface area contributed by atoms with Gasteiger partial charge in [0.25, 0.3) is 0 Å². The van der Waals surface area contributed by atoms with Gasteiger partial charge < -0.3 is 18.9 Å². The molecule has 1 fully saturated rings. The fourth-order valence-corrected chi connectivity index (χ4v) is 4.48. The average molecular weight is 391 g/mol. The fourth-order valence-electron chi connectivity index (χ4n) is 4.48. The highest BCUT2D eigenvalue weighted by molar-refractivity contribution is 5.81. The zero-order chi connectivity index (χ0) is 19.8. The summed E-state index contributed by atoms with van der Waals surface area (Å²) in [4.78, 5) is 20.0. The lowest BCUT2D eigenvalue weighted by molar-refractivity contribution is -0.132. The van der Waals surface area contributed by atoms with Crippen LogP contribution in [0.25, 0.3) is 11.0 Å². The number of carbonyl (C=O) groups excluding carboxylic acids is 1. The van der Waals surface area contributed by atoms with Crippen molar-refractivity contribution >= 4 is 16.9 Å². The largest absolute Gasteiger partial charge is 0.486 e. The molecule has 1 saturated heterocycles. The van der Waals surface area contributed by atoms with Crippen LogP contribution >= 0.6 is 0 Å². The van der Waals surface area contributed by atoms with Gasteiger partial charge in [-0.3, -0.25) is 4.79 Å². The molecule has 2 aromatic carbocycles. The molecule has 6 nitrogen and oxygen atoms in total. The summed E-state index contributed by atoms with van der Waals surface area (Å²) in [5.41, 5.74) is 3.08. The summed E-state index contributed by atoms with van der Waals surface area (Å²) in [5, 5.41) is 0. The van der Waals surface area contributed by atoms with Gasteiger partial charge in [-0.25, -0.2) is 4.98 Å².